The van der Waals surface area contributed by atoms with Gasteiger partial charge in [-0.15, -0.1) is 0 Å². The number of carbonyl (C=O) groups is 1. The van der Waals surface area contributed by atoms with Crippen molar-refractivity contribution in [1.29, 1.82) is 0 Å². The summed E-state index contributed by atoms with van der Waals surface area (Å²) < 4.78 is 1.65. The Bertz CT molecular complexity index is 594. The van der Waals surface area contributed by atoms with Crippen LogP contribution in [0.3, 0.4) is 0 Å². The van der Waals surface area contributed by atoms with Gasteiger partial charge in [0.25, 0.3) is 5.91 Å². The van der Waals surface area contributed by atoms with Gasteiger partial charge in [-0.3, -0.25) is 9.48 Å². The zero-order chi connectivity index (χ0) is 14.1. The smallest absolute Gasteiger partial charge is 0.272 e. The normalized spacial score (nSPS) is 16.6. The Labute approximate surface area is 117 Å². The molecule has 1 amide bonds. The van der Waals surface area contributed by atoms with Crippen LogP contribution >= 0.6 is 0 Å². The highest BCUT2D eigenvalue weighted by Gasteiger charge is 2.26. The lowest BCUT2D eigenvalue weighted by molar-refractivity contribution is 0.0672. The van der Waals surface area contributed by atoms with Crippen molar-refractivity contribution < 1.29 is 4.79 Å². The highest BCUT2D eigenvalue weighted by atomic mass is 16.2. The van der Waals surface area contributed by atoms with E-state index in [0.29, 0.717) is 11.7 Å². The predicted molar refractivity (Wildman–Crippen MR) is 72.1 cm³/mol. The van der Waals surface area contributed by atoms with Crippen LogP contribution in [0.25, 0.3) is 0 Å². The number of aryl methyl sites for hydroxylation is 2. The van der Waals surface area contributed by atoms with Gasteiger partial charge < -0.3 is 4.90 Å². The fraction of sp³-hybridized carbons (Fsp3) is 0.538. The van der Waals surface area contributed by atoms with Crippen LogP contribution < -0.4 is 0 Å². The number of carbonyl (C=O) groups excluding carboxylic acids is 1. The maximum Gasteiger partial charge on any atom is 0.272 e. The molecule has 1 saturated heterocycles. The lowest BCUT2D eigenvalue weighted by Gasteiger charge is -2.31. The highest BCUT2D eigenvalue weighted by Crippen LogP contribution is 2.22. The van der Waals surface area contributed by atoms with E-state index in [1.807, 2.05) is 17.9 Å². The van der Waals surface area contributed by atoms with Crippen LogP contribution in [0.4, 0.5) is 0 Å². The number of likely N-dealkylation sites (tertiary alicyclic amines) is 1. The average molecular weight is 274 g/mol. The SMILES string of the molecule is Cc1cc(C(=O)N2CCC(n3nccn3)CC2)n(C)n1. The molecule has 7 heteroatoms. The average Bonchev–Trinajstić information content (AvgIpc) is 3.08. The first-order valence-electron chi connectivity index (χ1n) is 6.81. The van der Waals surface area contributed by atoms with Crippen molar-refractivity contribution in [3.8, 4) is 0 Å². The van der Waals surface area contributed by atoms with Crippen LogP contribution in [-0.4, -0.2) is 48.7 Å². The third kappa shape index (κ3) is 2.31. The highest BCUT2D eigenvalue weighted by molar-refractivity contribution is 5.92. The standard InChI is InChI=1S/C13H18N6O/c1-10-9-12(17(2)16-10)13(20)18-7-3-11(4-8-18)19-14-5-6-15-19/h5-6,9,11H,3-4,7-8H2,1-2H3. The second-order valence-electron chi connectivity index (χ2n) is 5.17. The number of amides is 1. The largest absolute Gasteiger partial charge is 0.337 e. The van der Waals surface area contributed by atoms with Crippen molar-refractivity contribution >= 4 is 5.91 Å². The van der Waals surface area contributed by atoms with E-state index in [2.05, 4.69) is 15.3 Å². The maximum absolute atomic E-state index is 12.5. The molecule has 0 spiro atoms. The van der Waals surface area contributed by atoms with Crippen LogP contribution in [0.2, 0.25) is 0 Å². The zero-order valence-corrected chi connectivity index (χ0v) is 11.7. The Morgan fingerprint density at radius 1 is 1.25 bits per heavy atom. The number of nitrogens with zero attached hydrogens (tertiary/aromatic N) is 6. The molecule has 1 aliphatic heterocycles. The molecule has 1 fully saturated rings. The molecule has 0 unspecified atom stereocenters. The number of rotatable bonds is 2. The van der Waals surface area contributed by atoms with Gasteiger partial charge in [0, 0.05) is 20.1 Å². The Morgan fingerprint density at radius 2 is 1.90 bits per heavy atom. The van der Waals surface area contributed by atoms with Gasteiger partial charge in [0.2, 0.25) is 0 Å². The van der Waals surface area contributed by atoms with E-state index in [0.717, 1.165) is 31.6 Å². The minimum absolute atomic E-state index is 0.0555. The Hall–Kier alpha value is -2.18. The van der Waals surface area contributed by atoms with Crippen LogP contribution in [0.15, 0.2) is 18.5 Å². The fourth-order valence-electron chi connectivity index (χ4n) is 2.69. The van der Waals surface area contributed by atoms with Crippen molar-refractivity contribution in [1.82, 2.24) is 29.7 Å². The van der Waals surface area contributed by atoms with Gasteiger partial charge in [-0.25, -0.2) is 0 Å². The first-order chi connectivity index (χ1) is 9.65. The molecule has 0 aromatic carbocycles. The molecule has 3 rings (SSSR count). The minimum Gasteiger partial charge on any atom is -0.337 e. The zero-order valence-electron chi connectivity index (χ0n) is 11.7. The van der Waals surface area contributed by atoms with Gasteiger partial charge in [-0.05, 0) is 25.8 Å². The fourth-order valence-corrected chi connectivity index (χ4v) is 2.69. The summed E-state index contributed by atoms with van der Waals surface area (Å²) in [5.74, 6) is 0.0555. The maximum atomic E-state index is 12.5. The van der Waals surface area contributed by atoms with Gasteiger partial charge in [0.05, 0.1) is 24.1 Å². The summed E-state index contributed by atoms with van der Waals surface area (Å²) in [7, 11) is 1.81. The third-order valence-electron chi connectivity index (χ3n) is 3.74. The Kier molecular flexibility index (Phi) is 3.25. The summed E-state index contributed by atoms with van der Waals surface area (Å²) in [5.41, 5.74) is 1.52. The predicted octanol–water partition coefficient (Wildman–Crippen LogP) is 0.797. The van der Waals surface area contributed by atoms with Gasteiger partial charge in [-0.2, -0.15) is 20.1 Å². The summed E-state index contributed by atoms with van der Waals surface area (Å²) >= 11 is 0. The van der Waals surface area contributed by atoms with E-state index in [9.17, 15) is 4.79 Å². The first kappa shape index (κ1) is 12.8. The van der Waals surface area contributed by atoms with Crippen molar-refractivity contribution in [2.45, 2.75) is 25.8 Å². The molecule has 0 radical (unpaired) electrons. The molecule has 0 N–H and O–H groups in total. The monoisotopic (exact) mass is 274 g/mol. The van der Waals surface area contributed by atoms with Crippen LogP contribution in [-0.2, 0) is 7.05 Å². The molecular formula is C13H18N6O. The van der Waals surface area contributed by atoms with Gasteiger partial charge in [0.15, 0.2) is 0 Å². The van der Waals surface area contributed by atoms with Crippen LogP contribution in [0, 0.1) is 6.92 Å². The molecule has 0 saturated carbocycles. The lowest BCUT2D eigenvalue weighted by Crippen LogP contribution is -2.40. The van der Waals surface area contributed by atoms with E-state index < -0.39 is 0 Å². The molecule has 106 valence electrons. The van der Waals surface area contributed by atoms with Crippen LogP contribution in [0.5, 0.6) is 0 Å². The van der Waals surface area contributed by atoms with Crippen molar-refractivity contribution in [2.24, 2.45) is 7.05 Å². The van der Waals surface area contributed by atoms with E-state index in [1.54, 1.807) is 28.9 Å². The summed E-state index contributed by atoms with van der Waals surface area (Å²) in [5, 5.41) is 12.6. The number of hydrogen-bond acceptors (Lipinski definition) is 4. The molecule has 2 aromatic rings. The lowest BCUT2D eigenvalue weighted by atomic mass is 10.1. The quantitative estimate of drug-likeness (QED) is 0.812. The molecule has 3 heterocycles. The minimum atomic E-state index is 0.0555. The van der Waals surface area contributed by atoms with Crippen molar-refractivity contribution in [2.75, 3.05) is 13.1 Å². The second kappa shape index (κ2) is 5.07. The van der Waals surface area contributed by atoms with Gasteiger partial charge in [-0.1, -0.05) is 0 Å². The molecule has 20 heavy (non-hydrogen) atoms. The summed E-state index contributed by atoms with van der Waals surface area (Å²) in [6.07, 6.45) is 5.15. The van der Waals surface area contributed by atoms with E-state index in [4.69, 9.17) is 0 Å². The first-order valence-corrected chi connectivity index (χ1v) is 6.81. The Morgan fingerprint density at radius 3 is 2.45 bits per heavy atom. The molecule has 0 bridgehead atoms. The topological polar surface area (TPSA) is 68.8 Å². The van der Waals surface area contributed by atoms with E-state index >= 15 is 0 Å². The summed E-state index contributed by atoms with van der Waals surface area (Å²) in [6, 6.07) is 2.13. The second-order valence-corrected chi connectivity index (χ2v) is 5.17. The molecule has 0 aliphatic carbocycles. The summed E-state index contributed by atoms with van der Waals surface area (Å²) in [4.78, 5) is 16.1. The number of aromatic nitrogens is 5. The number of piperidine rings is 1. The summed E-state index contributed by atoms with van der Waals surface area (Å²) in [6.45, 7) is 3.36. The molecule has 7 nitrogen and oxygen atoms in total. The molecular weight excluding hydrogens is 256 g/mol. The van der Waals surface area contributed by atoms with Crippen molar-refractivity contribution in [3.05, 3.63) is 29.8 Å². The molecule has 1 aliphatic rings. The molecule has 2 aromatic heterocycles. The van der Waals surface area contributed by atoms with E-state index in [-0.39, 0.29) is 5.91 Å². The van der Waals surface area contributed by atoms with Crippen molar-refractivity contribution in [3.63, 3.8) is 0 Å². The number of hydrogen-bond donors (Lipinski definition) is 0. The van der Waals surface area contributed by atoms with Gasteiger partial charge >= 0.3 is 0 Å². The third-order valence-corrected chi connectivity index (χ3v) is 3.74. The molecule has 0 atom stereocenters. The Balaban J connectivity index is 1.66. The van der Waals surface area contributed by atoms with Gasteiger partial charge in [0.1, 0.15) is 5.69 Å². The van der Waals surface area contributed by atoms with Crippen LogP contribution in [0.1, 0.15) is 35.1 Å². The van der Waals surface area contributed by atoms with E-state index in [1.165, 1.54) is 0 Å².